The zero-order valence-electron chi connectivity index (χ0n) is 15.4. The van der Waals surface area contributed by atoms with Crippen molar-refractivity contribution in [3.05, 3.63) is 69.9 Å². The van der Waals surface area contributed by atoms with Crippen LogP contribution in [0, 0.1) is 10.1 Å². The van der Waals surface area contributed by atoms with Crippen molar-refractivity contribution in [1.29, 1.82) is 0 Å². The highest BCUT2D eigenvalue weighted by Gasteiger charge is 2.10. The second kappa shape index (κ2) is 8.30. The van der Waals surface area contributed by atoms with E-state index >= 15 is 0 Å². The zero-order valence-corrected chi connectivity index (χ0v) is 15.4. The number of carbonyl (C=O) groups is 1. The number of nitrogens with zero attached hydrogens (tertiary/aromatic N) is 2. The molecule has 0 unspecified atom stereocenters. The summed E-state index contributed by atoms with van der Waals surface area (Å²) < 4.78 is 10.6. The molecule has 28 heavy (non-hydrogen) atoms. The lowest BCUT2D eigenvalue weighted by atomic mass is 10.1. The Bertz CT molecular complexity index is 1080. The molecule has 0 N–H and O–H groups in total. The molecule has 0 amide bonds. The third-order valence-electron chi connectivity index (χ3n) is 4.07. The first-order valence-corrected chi connectivity index (χ1v) is 8.62. The molecular formula is C21H18N2O5. The molecule has 142 valence electrons. The van der Waals surface area contributed by atoms with E-state index in [2.05, 4.69) is 4.98 Å². The average Bonchev–Trinajstić information content (AvgIpc) is 2.72. The SMILES string of the molecule is CCC(=O)Oc1cccc2ccc(/C=C/c3cc([N+](=O)[O-])ccc3OC)nc12. The van der Waals surface area contributed by atoms with E-state index in [-0.39, 0.29) is 18.1 Å². The molecule has 0 atom stereocenters. The molecule has 0 saturated carbocycles. The van der Waals surface area contributed by atoms with Gasteiger partial charge in [0.05, 0.1) is 17.7 Å². The molecule has 1 heterocycles. The monoisotopic (exact) mass is 378 g/mol. The first kappa shape index (κ1) is 19.0. The minimum Gasteiger partial charge on any atom is -0.496 e. The number of esters is 1. The van der Waals surface area contributed by atoms with E-state index in [1.165, 1.54) is 19.2 Å². The van der Waals surface area contributed by atoms with Crippen molar-refractivity contribution >= 4 is 34.7 Å². The van der Waals surface area contributed by atoms with Gasteiger partial charge in [-0.05, 0) is 30.4 Å². The number of rotatable bonds is 6. The fourth-order valence-corrected chi connectivity index (χ4v) is 2.65. The Morgan fingerprint density at radius 3 is 2.68 bits per heavy atom. The van der Waals surface area contributed by atoms with Gasteiger partial charge in [0, 0.05) is 29.5 Å². The first-order chi connectivity index (χ1) is 13.5. The van der Waals surface area contributed by atoms with Gasteiger partial charge in [0.1, 0.15) is 11.3 Å². The van der Waals surface area contributed by atoms with Crippen LogP contribution in [0.3, 0.4) is 0 Å². The lowest BCUT2D eigenvalue weighted by molar-refractivity contribution is -0.384. The highest BCUT2D eigenvalue weighted by Crippen LogP contribution is 2.27. The largest absolute Gasteiger partial charge is 0.496 e. The Kier molecular flexibility index (Phi) is 5.64. The molecule has 0 aliphatic carbocycles. The molecule has 0 aliphatic rings. The summed E-state index contributed by atoms with van der Waals surface area (Å²) in [5.41, 5.74) is 1.71. The number of hydrogen-bond acceptors (Lipinski definition) is 6. The topological polar surface area (TPSA) is 91.6 Å². The standard InChI is InChI=1S/C21H18N2O5/c1-3-20(24)28-19-6-4-5-14-7-9-16(22-21(14)19)10-8-15-13-17(23(25)26)11-12-18(15)27-2/h4-13H,3H2,1-2H3/b10-8+. The fourth-order valence-electron chi connectivity index (χ4n) is 2.65. The maximum absolute atomic E-state index is 11.6. The van der Waals surface area contributed by atoms with Crippen LogP contribution in [0.4, 0.5) is 5.69 Å². The third kappa shape index (κ3) is 4.15. The number of para-hydroxylation sites is 1. The van der Waals surface area contributed by atoms with E-state index in [1.807, 2.05) is 18.2 Å². The Balaban J connectivity index is 1.98. The van der Waals surface area contributed by atoms with Crippen LogP contribution >= 0.6 is 0 Å². The number of hydrogen-bond donors (Lipinski definition) is 0. The van der Waals surface area contributed by atoms with Gasteiger partial charge in [-0.3, -0.25) is 14.9 Å². The van der Waals surface area contributed by atoms with Crippen molar-refractivity contribution in [2.24, 2.45) is 0 Å². The summed E-state index contributed by atoms with van der Waals surface area (Å²) in [6.07, 6.45) is 3.68. The van der Waals surface area contributed by atoms with Crippen LogP contribution in [0.1, 0.15) is 24.6 Å². The molecule has 0 aliphatic heterocycles. The van der Waals surface area contributed by atoms with Crippen molar-refractivity contribution in [1.82, 2.24) is 4.98 Å². The number of nitro groups is 1. The van der Waals surface area contributed by atoms with Crippen LogP contribution in [-0.4, -0.2) is 23.0 Å². The molecule has 7 heteroatoms. The van der Waals surface area contributed by atoms with E-state index < -0.39 is 4.92 Å². The van der Waals surface area contributed by atoms with Crippen LogP contribution in [0.2, 0.25) is 0 Å². The molecule has 0 spiro atoms. The Hall–Kier alpha value is -3.74. The maximum atomic E-state index is 11.6. The van der Waals surface area contributed by atoms with Crippen LogP contribution in [0.25, 0.3) is 23.1 Å². The molecule has 2 aromatic carbocycles. The van der Waals surface area contributed by atoms with Gasteiger partial charge in [0.15, 0.2) is 5.75 Å². The molecule has 3 rings (SSSR count). The van der Waals surface area contributed by atoms with Gasteiger partial charge in [-0.25, -0.2) is 4.98 Å². The number of carbonyl (C=O) groups excluding carboxylic acids is 1. The predicted octanol–water partition coefficient (Wildman–Crippen LogP) is 4.64. The smallest absolute Gasteiger partial charge is 0.310 e. The van der Waals surface area contributed by atoms with Crippen LogP contribution in [0.5, 0.6) is 11.5 Å². The van der Waals surface area contributed by atoms with E-state index in [0.29, 0.717) is 28.3 Å². The Morgan fingerprint density at radius 2 is 1.96 bits per heavy atom. The number of nitro benzene ring substituents is 1. The van der Waals surface area contributed by atoms with E-state index in [1.54, 1.807) is 37.3 Å². The molecular weight excluding hydrogens is 360 g/mol. The highest BCUT2D eigenvalue weighted by atomic mass is 16.6. The second-order valence-electron chi connectivity index (χ2n) is 5.91. The number of fused-ring (bicyclic) bond motifs is 1. The predicted molar refractivity (Wildman–Crippen MR) is 106 cm³/mol. The van der Waals surface area contributed by atoms with Crippen molar-refractivity contribution in [3.63, 3.8) is 0 Å². The number of ether oxygens (including phenoxy) is 2. The number of pyridine rings is 1. The van der Waals surface area contributed by atoms with Gasteiger partial charge in [-0.1, -0.05) is 25.1 Å². The Labute approximate surface area is 161 Å². The highest BCUT2D eigenvalue weighted by molar-refractivity contribution is 5.88. The summed E-state index contributed by atoms with van der Waals surface area (Å²) in [5.74, 6) is 0.573. The summed E-state index contributed by atoms with van der Waals surface area (Å²) in [6.45, 7) is 1.72. The summed E-state index contributed by atoms with van der Waals surface area (Å²) in [5, 5.41) is 11.9. The van der Waals surface area contributed by atoms with Crippen LogP contribution in [-0.2, 0) is 4.79 Å². The number of non-ortho nitro benzene ring substituents is 1. The normalized spacial score (nSPS) is 10.9. The molecule has 0 fully saturated rings. The van der Waals surface area contributed by atoms with Gasteiger partial charge < -0.3 is 9.47 Å². The minimum atomic E-state index is -0.459. The van der Waals surface area contributed by atoms with E-state index in [0.717, 1.165) is 5.39 Å². The van der Waals surface area contributed by atoms with Gasteiger partial charge in [0.2, 0.25) is 0 Å². The lowest BCUT2D eigenvalue weighted by Crippen LogP contribution is -2.06. The van der Waals surface area contributed by atoms with Crippen molar-refractivity contribution in [2.75, 3.05) is 7.11 Å². The number of methoxy groups -OCH3 is 1. The van der Waals surface area contributed by atoms with Gasteiger partial charge in [-0.15, -0.1) is 0 Å². The van der Waals surface area contributed by atoms with Crippen molar-refractivity contribution in [3.8, 4) is 11.5 Å². The first-order valence-electron chi connectivity index (χ1n) is 8.62. The molecule has 7 nitrogen and oxygen atoms in total. The summed E-state index contributed by atoms with van der Waals surface area (Å²) in [6, 6.07) is 13.4. The van der Waals surface area contributed by atoms with Crippen molar-refractivity contribution in [2.45, 2.75) is 13.3 Å². The minimum absolute atomic E-state index is 0.0271. The average molecular weight is 378 g/mol. The van der Waals surface area contributed by atoms with Gasteiger partial charge in [0.25, 0.3) is 5.69 Å². The number of benzene rings is 2. The quantitative estimate of drug-likeness (QED) is 0.269. The summed E-state index contributed by atoms with van der Waals surface area (Å²) in [4.78, 5) is 26.7. The maximum Gasteiger partial charge on any atom is 0.310 e. The van der Waals surface area contributed by atoms with E-state index in [9.17, 15) is 14.9 Å². The molecule has 0 radical (unpaired) electrons. The van der Waals surface area contributed by atoms with E-state index in [4.69, 9.17) is 9.47 Å². The number of aromatic nitrogens is 1. The van der Waals surface area contributed by atoms with Crippen molar-refractivity contribution < 1.29 is 19.2 Å². The third-order valence-corrected chi connectivity index (χ3v) is 4.07. The lowest BCUT2D eigenvalue weighted by Gasteiger charge is -2.07. The van der Waals surface area contributed by atoms with Crippen LogP contribution in [0.15, 0.2) is 48.5 Å². The fraction of sp³-hybridized carbons (Fsp3) is 0.143. The van der Waals surface area contributed by atoms with Gasteiger partial charge >= 0.3 is 5.97 Å². The molecule has 0 bridgehead atoms. The molecule has 0 saturated heterocycles. The van der Waals surface area contributed by atoms with Gasteiger partial charge in [-0.2, -0.15) is 0 Å². The second-order valence-corrected chi connectivity index (χ2v) is 5.91. The Morgan fingerprint density at radius 1 is 1.14 bits per heavy atom. The zero-order chi connectivity index (χ0) is 20.1. The molecule has 1 aromatic heterocycles. The summed E-state index contributed by atoms with van der Waals surface area (Å²) >= 11 is 0. The molecule has 3 aromatic rings. The summed E-state index contributed by atoms with van der Waals surface area (Å²) in [7, 11) is 1.50. The van der Waals surface area contributed by atoms with Crippen LogP contribution < -0.4 is 9.47 Å².